The second-order valence-electron chi connectivity index (χ2n) is 2.23. The molecular formula is C7H4BrN3O. The summed E-state index contributed by atoms with van der Waals surface area (Å²) in [5.74, 6) is 0.311. The molecule has 0 N–H and O–H groups in total. The van der Waals surface area contributed by atoms with Gasteiger partial charge in [0.15, 0.2) is 11.9 Å². The summed E-state index contributed by atoms with van der Waals surface area (Å²) in [7, 11) is 0. The molecule has 2 heterocycles. The topological polar surface area (TPSA) is 47.3 Å². The van der Waals surface area contributed by atoms with E-state index in [1.165, 1.54) is 0 Å². The minimum absolute atomic E-state index is 0.311. The maximum absolute atomic E-state index is 10.5. The van der Waals surface area contributed by atoms with Crippen molar-refractivity contribution in [2.24, 2.45) is 0 Å². The minimum atomic E-state index is 0.311. The van der Waals surface area contributed by atoms with Crippen molar-refractivity contribution in [3.8, 4) is 0 Å². The number of aldehydes is 1. The van der Waals surface area contributed by atoms with Crippen LogP contribution in [0.15, 0.2) is 22.8 Å². The van der Waals surface area contributed by atoms with E-state index in [0.29, 0.717) is 17.8 Å². The summed E-state index contributed by atoms with van der Waals surface area (Å²) in [5, 5.41) is 7.51. The van der Waals surface area contributed by atoms with Gasteiger partial charge >= 0.3 is 0 Å². The monoisotopic (exact) mass is 225 g/mol. The van der Waals surface area contributed by atoms with Crippen molar-refractivity contribution in [1.82, 2.24) is 14.6 Å². The summed E-state index contributed by atoms with van der Waals surface area (Å²) in [4.78, 5) is 10.5. The van der Waals surface area contributed by atoms with Crippen LogP contribution in [0, 0.1) is 0 Å². The van der Waals surface area contributed by atoms with Gasteiger partial charge in [-0.15, -0.1) is 10.2 Å². The fraction of sp³-hybridized carbons (Fsp3) is 0. The molecule has 0 aromatic carbocycles. The van der Waals surface area contributed by atoms with E-state index in [1.54, 1.807) is 10.6 Å². The average molecular weight is 226 g/mol. The van der Waals surface area contributed by atoms with Crippen LogP contribution in [0.5, 0.6) is 0 Å². The molecule has 0 aliphatic rings. The van der Waals surface area contributed by atoms with Crippen LogP contribution >= 0.6 is 15.9 Å². The molecule has 2 aromatic rings. The van der Waals surface area contributed by atoms with Crippen LogP contribution in [-0.2, 0) is 0 Å². The van der Waals surface area contributed by atoms with Crippen molar-refractivity contribution in [2.45, 2.75) is 0 Å². The van der Waals surface area contributed by atoms with Crippen molar-refractivity contribution in [2.75, 3.05) is 0 Å². The van der Waals surface area contributed by atoms with E-state index < -0.39 is 0 Å². The van der Waals surface area contributed by atoms with Gasteiger partial charge < -0.3 is 0 Å². The lowest BCUT2D eigenvalue weighted by molar-refractivity contribution is 0.111. The van der Waals surface area contributed by atoms with Crippen LogP contribution in [-0.4, -0.2) is 20.9 Å². The number of nitrogens with zero attached hydrogens (tertiary/aromatic N) is 3. The molecule has 0 bridgehead atoms. The molecule has 0 spiro atoms. The number of pyridine rings is 1. The molecule has 2 aromatic heterocycles. The highest BCUT2D eigenvalue weighted by atomic mass is 79.9. The van der Waals surface area contributed by atoms with Crippen molar-refractivity contribution in [3.63, 3.8) is 0 Å². The van der Waals surface area contributed by atoms with Crippen LogP contribution in [0.1, 0.15) is 10.6 Å². The Balaban J connectivity index is 2.88. The number of halogens is 1. The second kappa shape index (κ2) is 2.67. The van der Waals surface area contributed by atoms with Crippen molar-refractivity contribution < 1.29 is 4.79 Å². The highest BCUT2D eigenvalue weighted by Crippen LogP contribution is 2.15. The molecule has 0 radical (unpaired) electrons. The number of fused-ring (bicyclic) bond motifs is 1. The van der Waals surface area contributed by atoms with Gasteiger partial charge in [-0.1, -0.05) is 0 Å². The largest absolute Gasteiger partial charge is 0.294 e. The molecule has 60 valence electrons. The van der Waals surface area contributed by atoms with Crippen molar-refractivity contribution in [3.05, 3.63) is 28.6 Å². The summed E-state index contributed by atoms with van der Waals surface area (Å²) < 4.78 is 2.45. The molecule has 12 heavy (non-hydrogen) atoms. The molecule has 0 saturated carbocycles. The molecular weight excluding hydrogens is 222 g/mol. The maximum Gasteiger partial charge on any atom is 0.201 e. The third kappa shape index (κ3) is 0.937. The number of carbonyl (C=O) groups excluding carboxylic acids is 1. The SMILES string of the molecule is O=Cc1nnc2c(Br)cccn12. The average Bonchev–Trinajstić information content (AvgIpc) is 2.49. The fourth-order valence-electron chi connectivity index (χ4n) is 0.982. The maximum atomic E-state index is 10.5. The summed E-state index contributed by atoms with van der Waals surface area (Å²) in [6, 6.07) is 3.66. The van der Waals surface area contributed by atoms with E-state index in [-0.39, 0.29) is 0 Å². The Bertz CT molecular complexity index is 437. The third-order valence-electron chi connectivity index (χ3n) is 1.52. The number of carbonyl (C=O) groups is 1. The van der Waals surface area contributed by atoms with E-state index in [0.717, 1.165) is 4.47 Å². The van der Waals surface area contributed by atoms with E-state index in [1.807, 2.05) is 12.1 Å². The number of hydrogen-bond acceptors (Lipinski definition) is 3. The highest BCUT2D eigenvalue weighted by molar-refractivity contribution is 9.10. The Kier molecular flexibility index (Phi) is 1.65. The molecule has 0 saturated heterocycles. The van der Waals surface area contributed by atoms with Gasteiger partial charge in [-0.05, 0) is 28.1 Å². The van der Waals surface area contributed by atoms with Gasteiger partial charge in [0.05, 0.1) is 4.47 Å². The Morgan fingerprint density at radius 3 is 3.08 bits per heavy atom. The lowest BCUT2D eigenvalue weighted by Gasteiger charge is -1.93. The highest BCUT2D eigenvalue weighted by Gasteiger charge is 2.04. The predicted octanol–water partition coefficient (Wildman–Crippen LogP) is 1.30. The molecule has 4 nitrogen and oxygen atoms in total. The standard InChI is InChI=1S/C7H4BrN3O/c8-5-2-1-3-11-6(4-12)9-10-7(5)11/h1-4H. The normalized spacial score (nSPS) is 10.4. The number of aromatic nitrogens is 3. The Morgan fingerprint density at radius 2 is 2.33 bits per heavy atom. The smallest absolute Gasteiger partial charge is 0.201 e. The fourth-order valence-corrected chi connectivity index (χ4v) is 1.40. The van der Waals surface area contributed by atoms with Crippen LogP contribution in [0.2, 0.25) is 0 Å². The van der Waals surface area contributed by atoms with Crippen LogP contribution in [0.3, 0.4) is 0 Å². The number of hydrogen-bond donors (Lipinski definition) is 0. The first kappa shape index (κ1) is 7.42. The van der Waals surface area contributed by atoms with E-state index in [4.69, 9.17) is 0 Å². The summed E-state index contributed by atoms with van der Waals surface area (Å²) >= 11 is 3.30. The first-order valence-corrected chi connectivity index (χ1v) is 4.06. The van der Waals surface area contributed by atoms with Crippen molar-refractivity contribution >= 4 is 27.9 Å². The summed E-state index contributed by atoms with van der Waals surface area (Å²) in [6.07, 6.45) is 2.41. The van der Waals surface area contributed by atoms with E-state index in [9.17, 15) is 4.79 Å². The molecule has 0 aliphatic heterocycles. The zero-order valence-corrected chi connectivity index (χ0v) is 7.52. The van der Waals surface area contributed by atoms with Crippen molar-refractivity contribution in [1.29, 1.82) is 0 Å². The Morgan fingerprint density at radius 1 is 1.50 bits per heavy atom. The van der Waals surface area contributed by atoms with Gasteiger partial charge in [0.25, 0.3) is 0 Å². The van der Waals surface area contributed by atoms with Gasteiger partial charge in [-0.3, -0.25) is 9.20 Å². The minimum Gasteiger partial charge on any atom is -0.294 e. The van der Waals surface area contributed by atoms with Gasteiger partial charge in [0.1, 0.15) is 0 Å². The Hall–Kier alpha value is -1.23. The summed E-state index contributed by atoms with van der Waals surface area (Å²) in [6.45, 7) is 0. The van der Waals surface area contributed by atoms with Gasteiger partial charge in [-0.2, -0.15) is 0 Å². The zero-order valence-electron chi connectivity index (χ0n) is 5.94. The van der Waals surface area contributed by atoms with Crippen LogP contribution in [0.4, 0.5) is 0 Å². The third-order valence-corrected chi connectivity index (χ3v) is 2.14. The van der Waals surface area contributed by atoms with Gasteiger partial charge in [-0.25, -0.2) is 0 Å². The molecule has 5 heteroatoms. The first-order chi connectivity index (χ1) is 5.83. The molecule has 0 unspecified atom stereocenters. The summed E-state index contributed by atoms with van der Waals surface area (Å²) in [5.41, 5.74) is 0.652. The lowest BCUT2D eigenvalue weighted by Crippen LogP contribution is -1.90. The van der Waals surface area contributed by atoms with Crippen LogP contribution in [0.25, 0.3) is 5.65 Å². The molecule has 0 fully saturated rings. The second-order valence-corrected chi connectivity index (χ2v) is 3.08. The van der Waals surface area contributed by atoms with Crippen LogP contribution < -0.4 is 0 Å². The van der Waals surface area contributed by atoms with E-state index in [2.05, 4.69) is 26.1 Å². The molecule has 0 atom stereocenters. The van der Waals surface area contributed by atoms with E-state index >= 15 is 0 Å². The lowest BCUT2D eigenvalue weighted by atomic mass is 10.5. The van der Waals surface area contributed by atoms with Gasteiger partial charge in [0.2, 0.25) is 5.82 Å². The first-order valence-electron chi connectivity index (χ1n) is 3.27. The molecule has 2 rings (SSSR count). The predicted molar refractivity (Wildman–Crippen MR) is 46.1 cm³/mol. The zero-order chi connectivity index (χ0) is 8.55. The molecule has 0 amide bonds. The molecule has 0 aliphatic carbocycles. The quantitative estimate of drug-likeness (QED) is 0.688. The Labute approximate surface area is 76.4 Å². The number of rotatable bonds is 1. The van der Waals surface area contributed by atoms with Gasteiger partial charge in [0, 0.05) is 6.20 Å².